The third-order valence-electron chi connectivity index (χ3n) is 2.93. The largest absolute Gasteiger partial charge is 0.327 e. The molecular formula is C14H11N2Si. The maximum atomic E-state index is 4.66. The second kappa shape index (κ2) is 3.86. The number of nitrogens with zero attached hydrogens (tertiary/aromatic N) is 2. The van der Waals surface area contributed by atoms with Crippen LogP contribution in [0.5, 0.6) is 0 Å². The lowest BCUT2D eigenvalue weighted by molar-refractivity contribution is 0.959. The van der Waals surface area contributed by atoms with Gasteiger partial charge in [-0.25, -0.2) is 4.98 Å². The fourth-order valence-corrected chi connectivity index (χ4v) is 2.19. The van der Waals surface area contributed by atoms with Gasteiger partial charge in [0.1, 0.15) is 5.82 Å². The molecule has 0 fully saturated rings. The molecule has 0 aliphatic carbocycles. The summed E-state index contributed by atoms with van der Waals surface area (Å²) in [6.07, 6.45) is 0. The Bertz CT molecular complexity index is 668. The number of fused-ring (bicyclic) bond motifs is 1. The number of imidazole rings is 1. The lowest BCUT2D eigenvalue weighted by atomic mass is 10.2. The van der Waals surface area contributed by atoms with Gasteiger partial charge < -0.3 is 4.57 Å². The number of benzene rings is 2. The van der Waals surface area contributed by atoms with Crippen molar-refractivity contribution in [1.82, 2.24) is 9.55 Å². The molecule has 0 saturated heterocycles. The zero-order chi connectivity index (χ0) is 11.8. The van der Waals surface area contributed by atoms with Crippen molar-refractivity contribution in [3.63, 3.8) is 0 Å². The molecule has 3 aromatic rings. The maximum absolute atomic E-state index is 4.66. The summed E-state index contributed by atoms with van der Waals surface area (Å²) in [7, 11) is 5.54. The summed E-state index contributed by atoms with van der Waals surface area (Å²) >= 11 is 0. The first-order valence-corrected chi connectivity index (χ1v) is 5.99. The first-order valence-electron chi connectivity index (χ1n) is 5.49. The highest BCUT2D eigenvalue weighted by atomic mass is 28.1. The standard InChI is InChI=1S/C14H11N2Si/c1-16-13-5-3-2-4-12(13)15-14(16)10-6-8-11(17)9-7-10/h2-9H,1H3. The quantitative estimate of drug-likeness (QED) is 0.590. The summed E-state index contributed by atoms with van der Waals surface area (Å²) in [5, 5.41) is 1.08. The molecule has 81 valence electrons. The number of hydrogen-bond donors (Lipinski definition) is 0. The monoisotopic (exact) mass is 235 g/mol. The van der Waals surface area contributed by atoms with Gasteiger partial charge in [0.2, 0.25) is 0 Å². The van der Waals surface area contributed by atoms with E-state index in [0.29, 0.717) is 0 Å². The van der Waals surface area contributed by atoms with Gasteiger partial charge in [-0.05, 0) is 12.1 Å². The van der Waals surface area contributed by atoms with E-state index in [1.165, 1.54) is 0 Å². The van der Waals surface area contributed by atoms with Gasteiger partial charge in [0.15, 0.2) is 0 Å². The van der Waals surface area contributed by atoms with E-state index in [4.69, 9.17) is 0 Å². The van der Waals surface area contributed by atoms with Crippen molar-refractivity contribution in [1.29, 1.82) is 0 Å². The fourth-order valence-electron chi connectivity index (χ4n) is 2.02. The third kappa shape index (κ3) is 1.68. The van der Waals surface area contributed by atoms with E-state index in [2.05, 4.69) is 38.0 Å². The number of aromatic nitrogens is 2. The third-order valence-corrected chi connectivity index (χ3v) is 3.26. The van der Waals surface area contributed by atoms with Crippen molar-refractivity contribution in [2.75, 3.05) is 0 Å². The molecular weight excluding hydrogens is 224 g/mol. The Morgan fingerprint density at radius 3 is 2.41 bits per heavy atom. The van der Waals surface area contributed by atoms with E-state index < -0.39 is 0 Å². The van der Waals surface area contributed by atoms with Crippen LogP contribution in [0.15, 0.2) is 48.5 Å². The highest BCUT2D eigenvalue weighted by molar-refractivity contribution is 6.32. The lowest BCUT2D eigenvalue weighted by Gasteiger charge is -2.02. The van der Waals surface area contributed by atoms with Crippen LogP contribution in [-0.4, -0.2) is 19.8 Å². The van der Waals surface area contributed by atoms with E-state index in [0.717, 1.165) is 27.6 Å². The molecule has 17 heavy (non-hydrogen) atoms. The van der Waals surface area contributed by atoms with Gasteiger partial charge in [-0.1, -0.05) is 41.6 Å². The highest BCUT2D eigenvalue weighted by Gasteiger charge is 2.08. The lowest BCUT2D eigenvalue weighted by Crippen LogP contribution is -2.00. The predicted molar refractivity (Wildman–Crippen MR) is 71.5 cm³/mol. The van der Waals surface area contributed by atoms with E-state index in [1.807, 2.05) is 37.4 Å². The smallest absolute Gasteiger partial charge is 0.140 e. The Hall–Kier alpha value is -1.87. The first kappa shape index (κ1) is 10.3. The predicted octanol–water partition coefficient (Wildman–Crippen LogP) is 2.03. The Labute approximate surface area is 103 Å². The maximum Gasteiger partial charge on any atom is 0.140 e. The molecule has 0 saturated carbocycles. The Morgan fingerprint density at radius 1 is 1.00 bits per heavy atom. The number of hydrogen-bond acceptors (Lipinski definition) is 1. The van der Waals surface area contributed by atoms with Crippen LogP contribution in [0.2, 0.25) is 0 Å². The molecule has 0 unspecified atom stereocenters. The molecule has 0 bridgehead atoms. The Kier molecular flexibility index (Phi) is 2.33. The molecule has 3 radical (unpaired) electrons. The van der Waals surface area contributed by atoms with Crippen molar-refractivity contribution >= 4 is 26.5 Å². The molecule has 3 rings (SSSR count). The summed E-state index contributed by atoms with van der Waals surface area (Å²) in [6.45, 7) is 0. The van der Waals surface area contributed by atoms with E-state index in [1.54, 1.807) is 0 Å². The van der Waals surface area contributed by atoms with Gasteiger partial charge in [0, 0.05) is 12.6 Å². The van der Waals surface area contributed by atoms with Gasteiger partial charge in [-0.2, -0.15) is 0 Å². The summed E-state index contributed by atoms with van der Waals surface area (Å²) < 4.78 is 2.12. The molecule has 2 aromatic carbocycles. The van der Waals surface area contributed by atoms with Crippen molar-refractivity contribution in [2.24, 2.45) is 7.05 Å². The minimum atomic E-state index is 0.998. The molecule has 1 aromatic heterocycles. The van der Waals surface area contributed by atoms with Gasteiger partial charge in [-0.15, -0.1) is 0 Å². The van der Waals surface area contributed by atoms with Crippen LogP contribution in [0.4, 0.5) is 0 Å². The molecule has 0 aliphatic heterocycles. The summed E-state index contributed by atoms with van der Waals surface area (Å²) in [4.78, 5) is 4.66. The van der Waals surface area contributed by atoms with Crippen LogP contribution in [0.3, 0.4) is 0 Å². The number of aryl methyl sites for hydroxylation is 1. The second-order valence-corrected chi connectivity index (χ2v) is 4.64. The highest BCUT2D eigenvalue weighted by Crippen LogP contribution is 2.22. The zero-order valence-corrected chi connectivity index (χ0v) is 10.5. The number of para-hydroxylation sites is 2. The zero-order valence-electron chi connectivity index (χ0n) is 9.51. The topological polar surface area (TPSA) is 17.8 Å². The van der Waals surface area contributed by atoms with Crippen molar-refractivity contribution < 1.29 is 0 Å². The van der Waals surface area contributed by atoms with E-state index in [9.17, 15) is 0 Å². The van der Waals surface area contributed by atoms with E-state index in [-0.39, 0.29) is 0 Å². The van der Waals surface area contributed by atoms with Crippen LogP contribution >= 0.6 is 0 Å². The molecule has 0 atom stereocenters. The summed E-state index contributed by atoms with van der Waals surface area (Å²) in [6, 6.07) is 16.4. The normalized spacial score (nSPS) is 10.9. The van der Waals surface area contributed by atoms with Crippen molar-refractivity contribution in [3.05, 3.63) is 48.5 Å². The van der Waals surface area contributed by atoms with Gasteiger partial charge in [0.25, 0.3) is 0 Å². The minimum absolute atomic E-state index is 0.998. The summed E-state index contributed by atoms with van der Waals surface area (Å²) in [5.74, 6) is 0.998. The second-order valence-electron chi connectivity index (χ2n) is 4.06. The molecule has 0 N–H and O–H groups in total. The van der Waals surface area contributed by atoms with Gasteiger partial charge >= 0.3 is 0 Å². The molecule has 0 amide bonds. The molecule has 1 heterocycles. The van der Waals surface area contributed by atoms with E-state index >= 15 is 0 Å². The van der Waals surface area contributed by atoms with Crippen LogP contribution in [-0.2, 0) is 7.05 Å². The fraction of sp³-hybridized carbons (Fsp3) is 0.0714. The average molecular weight is 235 g/mol. The van der Waals surface area contributed by atoms with Gasteiger partial charge in [-0.3, -0.25) is 0 Å². The van der Waals surface area contributed by atoms with Gasteiger partial charge in [0.05, 0.1) is 21.3 Å². The molecule has 2 nitrogen and oxygen atoms in total. The Morgan fingerprint density at radius 2 is 1.71 bits per heavy atom. The molecule has 3 heteroatoms. The SMILES string of the molecule is Cn1c(-c2ccc([Si])cc2)nc2ccccc21. The van der Waals surface area contributed by atoms with Crippen LogP contribution < -0.4 is 5.19 Å². The molecule has 0 aliphatic rings. The Balaban J connectivity index is 2.24. The van der Waals surface area contributed by atoms with Crippen LogP contribution in [0.25, 0.3) is 22.4 Å². The van der Waals surface area contributed by atoms with Crippen LogP contribution in [0, 0.1) is 0 Å². The minimum Gasteiger partial charge on any atom is -0.327 e. The first-order chi connectivity index (χ1) is 8.25. The molecule has 0 spiro atoms. The number of rotatable bonds is 1. The van der Waals surface area contributed by atoms with Crippen molar-refractivity contribution in [3.8, 4) is 11.4 Å². The van der Waals surface area contributed by atoms with Crippen LogP contribution in [0.1, 0.15) is 0 Å². The average Bonchev–Trinajstić information content (AvgIpc) is 2.69. The summed E-state index contributed by atoms with van der Waals surface area (Å²) in [5.41, 5.74) is 3.32. The van der Waals surface area contributed by atoms with Crippen molar-refractivity contribution in [2.45, 2.75) is 0 Å².